The van der Waals surface area contributed by atoms with E-state index in [0.29, 0.717) is 6.42 Å². The van der Waals surface area contributed by atoms with Gasteiger partial charge in [0.05, 0.1) is 5.54 Å². The monoisotopic (exact) mass is 372 g/mol. The molecule has 1 amide bonds. The highest BCUT2D eigenvalue weighted by molar-refractivity contribution is 5.69. The van der Waals surface area contributed by atoms with Crippen LogP contribution in [0.25, 0.3) is 0 Å². The van der Waals surface area contributed by atoms with Crippen LogP contribution in [0.4, 0.5) is 18.0 Å². The summed E-state index contributed by atoms with van der Waals surface area (Å²) in [5.74, 6) is -0.303. The van der Waals surface area contributed by atoms with Crippen LogP contribution in [0.2, 0.25) is 0 Å². The molecule has 0 unspecified atom stereocenters. The van der Waals surface area contributed by atoms with Gasteiger partial charge in [-0.25, -0.2) is 4.79 Å². The first-order valence-electron chi connectivity index (χ1n) is 8.79. The van der Waals surface area contributed by atoms with Gasteiger partial charge in [0.25, 0.3) is 0 Å². The Morgan fingerprint density at radius 2 is 1.88 bits per heavy atom. The lowest BCUT2D eigenvalue weighted by Crippen LogP contribution is -2.63. The lowest BCUT2D eigenvalue weighted by Gasteiger charge is -2.46. The van der Waals surface area contributed by atoms with Gasteiger partial charge in [-0.15, -0.1) is 0 Å². The molecule has 1 fully saturated rings. The number of carbonyl (C=O) groups excluding carboxylic acids is 1. The summed E-state index contributed by atoms with van der Waals surface area (Å²) >= 11 is 0. The number of hydrogen-bond donors (Lipinski definition) is 2. The summed E-state index contributed by atoms with van der Waals surface area (Å²) in [5, 5.41) is 5.31. The number of ether oxygens (including phenoxy) is 1. The highest BCUT2D eigenvalue weighted by Gasteiger charge is 2.51. The number of nitrogens with one attached hydrogen (secondary N) is 2. The Kier molecular flexibility index (Phi) is 5.90. The van der Waals surface area contributed by atoms with Gasteiger partial charge in [0.2, 0.25) is 0 Å². The molecule has 146 valence electrons. The Hall–Kier alpha value is -1.76. The molecule has 4 nitrogen and oxygen atoms in total. The third-order valence-corrected chi connectivity index (χ3v) is 4.80. The number of rotatable bonds is 3. The van der Waals surface area contributed by atoms with Crippen molar-refractivity contribution in [1.82, 2.24) is 10.6 Å². The minimum atomic E-state index is -4.38. The standard InChI is InChI=1S/C19H27F3N2O2/c1-13(14-8-6-5-7-9-14)18(24-16(25)26-17(2,3)4)10-11-23-15(12-18)19(20,21)22/h5-9,13,15,23H,10-12H2,1-4H3,(H,24,25)/t13-,15+,18+/m1/s1. The van der Waals surface area contributed by atoms with Gasteiger partial charge in [-0.3, -0.25) is 0 Å². The van der Waals surface area contributed by atoms with Crippen molar-refractivity contribution >= 4 is 6.09 Å². The molecule has 0 saturated carbocycles. The summed E-state index contributed by atoms with van der Waals surface area (Å²) in [5.41, 5.74) is -0.890. The van der Waals surface area contributed by atoms with Crippen LogP contribution in [-0.2, 0) is 4.74 Å². The van der Waals surface area contributed by atoms with E-state index in [1.807, 2.05) is 37.3 Å². The van der Waals surface area contributed by atoms with Crippen LogP contribution in [0, 0.1) is 0 Å². The largest absolute Gasteiger partial charge is 0.444 e. The molecule has 0 spiro atoms. The topological polar surface area (TPSA) is 50.4 Å². The molecular weight excluding hydrogens is 345 g/mol. The van der Waals surface area contributed by atoms with E-state index in [0.717, 1.165) is 5.56 Å². The normalized spacial score (nSPS) is 25.4. The van der Waals surface area contributed by atoms with Crippen LogP contribution in [-0.4, -0.2) is 36.0 Å². The zero-order valence-corrected chi connectivity index (χ0v) is 15.6. The molecule has 0 aliphatic carbocycles. The molecule has 1 aliphatic heterocycles. The van der Waals surface area contributed by atoms with Crippen molar-refractivity contribution in [2.45, 2.75) is 69.8 Å². The minimum absolute atomic E-state index is 0.164. The van der Waals surface area contributed by atoms with Crippen LogP contribution in [0.15, 0.2) is 30.3 Å². The molecule has 0 bridgehead atoms. The fourth-order valence-electron chi connectivity index (χ4n) is 3.42. The van der Waals surface area contributed by atoms with Gasteiger partial charge in [0.1, 0.15) is 11.6 Å². The SMILES string of the molecule is C[C@H](c1ccccc1)[C@]1(NC(=O)OC(C)(C)C)CCN[C@H](C(F)(F)F)C1. The summed E-state index contributed by atoms with van der Waals surface area (Å²) in [7, 11) is 0. The van der Waals surface area contributed by atoms with Crippen LogP contribution < -0.4 is 10.6 Å². The van der Waals surface area contributed by atoms with Gasteiger partial charge in [-0.2, -0.15) is 13.2 Å². The van der Waals surface area contributed by atoms with Gasteiger partial charge in [0.15, 0.2) is 0 Å². The lowest BCUT2D eigenvalue weighted by molar-refractivity contribution is -0.166. The average Bonchev–Trinajstić information content (AvgIpc) is 2.52. The molecule has 26 heavy (non-hydrogen) atoms. The Bertz CT molecular complexity index is 613. The second-order valence-corrected chi connectivity index (χ2v) is 7.92. The fraction of sp³-hybridized carbons (Fsp3) is 0.632. The van der Waals surface area contributed by atoms with Gasteiger partial charge in [0, 0.05) is 5.92 Å². The smallest absolute Gasteiger partial charge is 0.408 e. The maximum Gasteiger partial charge on any atom is 0.408 e. The van der Waals surface area contributed by atoms with Crippen molar-refractivity contribution in [2.75, 3.05) is 6.54 Å². The molecule has 2 rings (SSSR count). The number of hydrogen-bond acceptors (Lipinski definition) is 3. The Morgan fingerprint density at radius 1 is 1.27 bits per heavy atom. The zero-order valence-electron chi connectivity index (χ0n) is 15.6. The number of amides is 1. The third kappa shape index (κ3) is 5.13. The van der Waals surface area contributed by atoms with Crippen LogP contribution >= 0.6 is 0 Å². The maximum absolute atomic E-state index is 13.4. The van der Waals surface area contributed by atoms with Crippen LogP contribution in [0.3, 0.4) is 0 Å². The highest BCUT2D eigenvalue weighted by atomic mass is 19.4. The molecule has 1 aliphatic rings. The summed E-state index contributed by atoms with van der Waals surface area (Å²) in [6.07, 6.45) is -4.93. The number of alkyl carbamates (subject to hydrolysis) is 1. The van der Waals surface area contributed by atoms with E-state index in [9.17, 15) is 18.0 Å². The maximum atomic E-state index is 13.4. The van der Waals surface area contributed by atoms with E-state index in [1.165, 1.54) is 0 Å². The van der Waals surface area contributed by atoms with E-state index in [4.69, 9.17) is 4.74 Å². The number of piperidine rings is 1. The van der Waals surface area contributed by atoms with Crippen molar-refractivity contribution in [3.63, 3.8) is 0 Å². The molecule has 7 heteroatoms. The summed E-state index contributed by atoms with van der Waals surface area (Å²) in [6.45, 7) is 7.19. The Balaban J connectivity index is 2.33. The predicted molar refractivity (Wildman–Crippen MR) is 94.0 cm³/mol. The van der Waals surface area contributed by atoms with E-state index in [1.54, 1.807) is 20.8 Å². The van der Waals surface area contributed by atoms with Gasteiger partial charge in [-0.05, 0) is 45.7 Å². The summed E-state index contributed by atoms with van der Waals surface area (Å²) < 4.78 is 45.4. The average molecular weight is 372 g/mol. The van der Waals surface area contributed by atoms with Gasteiger partial charge >= 0.3 is 12.3 Å². The first kappa shape index (κ1) is 20.6. The van der Waals surface area contributed by atoms with E-state index >= 15 is 0 Å². The number of carbonyl (C=O) groups is 1. The predicted octanol–water partition coefficient (Wildman–Crippen LogP) is 4.37. The molecule has 3 atom stereocenters. The van der Waals surface area contributed by atoms with Crippen LogP contribution in [0.1, 0.15) is 52.0 Å². The van der Waals surface area contributed by atoms with Crippen molar-refractivity contribution in [2.24, 2.45) is 0 Å². The second kappa shape index (κ2) is 7.47. The minimum Gasteiger partial charge on any atom is -0.444 e. The van der Waals surface area contributed by atoms with E-state index in [2.05, 4.69) is 10.6 Å². The molecule has 2 N–H and O–H groups in total. The Morgan fingerprint density at radius 3 is 2.42 bits per heavy atom. The van der Waals surface area contributed by atoms with Crippen molar-refractivity contribution in [1.29, 1.82) is 0 Å². The second-order valence-electron chi connectivity index (χ2n) is 7.92. The molecule has 1 aromatic rings. The molecular formula is C19H27F3N2O2. The van der Waals surface area contributed by atoms with Crippen molar-refractivity contribution in [3.8, 4) is 0 Å². The van der Waals surface area contributed by atoms with Crippen molar-refractivity contribution < 1.29 is 22.7 Å². The van der Waals surface area contributed by atoms with E-state index in [-0.39, 0.29) is 18.9 Å². The van der Waals surface area contributed by atoms with E-state index < -0.39 is 29.5 Å². The fourth-order valence-corrected chi connectivity index (χ4v) is 3.42. The summed E-state index contributed by atoms with van der Waals surface area (Å²) in [6, 6.07) is 7.61. The third-order valence-electron chi connectivity index (χ3n) is 4.80. The first-order valence-corrected chi connectivity index (χ1v) is 8.79. The first-order chi connectivity index (χ1) is 11.9. The molecule has 1 saturated heterocycles. The lowest BCUT2D eigenvalue weighted by atomic mass is 9.72. The number of benzene rings is 1. The molecule has 0 radical (unpaired) electrons. The van der Waals surface area contributed by atoms with Crippen molar-refractivity contribution in [3.05, 3.63) is 35.9 Å². The number of halogens is 3. The van der Waals surface area contributed by atoms with Gasteiger partial charge < -0.3 is 15.4 Å². The highest BCUT2D eigenvalue weighted by Crippen LogP contribution is 2.40. The summed E-state index contributed by atoms with van der Waals surface area (Å²) in [4.78, 5) is 12.4. The molecule has 1 heterocycles. The quantitative estimate of drug-likeness (QED) is 0.828. The van der Waals surface area contributed by atoms with Gasteiger partial charge in [-0.1, -0.05) is 37.3 Å². The molecule has 1 aromatic carbocycles. The molecule has 0 aromatic heterocycles. The Labute approximate surface area is 152 Å². The number of alkyl halides is 3. The van der Waals surface area contributed by atoms with Crippen LogP contribution in [0.5, 0.6) is 0 Å². The zero-order chi connectivity index (χ0) is 19.6.